The van der Waals surface area contributed by atoms with Gasteiger partial charge in [0, 0.05) is 5.82 Å². The molecule has 21 heavy (non-hydrogen) atoms. The Balaban J connectivity index is 1.73. The Kier molecular flexibility index (Phi) is 3.37. The first-order valence-electron chi connectivity index (χ1n) is 7.30. The van der Waals surface area contributed by atoms with E-state index in [1.807, 2.05) is 12.1 Å². The van der Waals surface area contributed by atoms with Gasteiger partial charge >= 0.3 is 7.12 Å². The standard InChI is InChI=1S/C16H19BClNO2/c1-15(2)16(3,4)21-17(20-15)13-8-12(13)10-5-6-11(9-19)14(18)7-10/h5-7,12-13H,8H2,1-4H3/t12-,13+/m1/s1. The van der Waals surface area contributed by atoms with Gasteiger partial charge in [0.25, 0.3) is 0 Å². The van der Waals surface area contributed by atoms with Gasteiger partial charge in [-0.3, -0.25) is 0 Å². The van der Waals surface area contributed by atoms with Crippen LogP contribution in [0.15, 0.2) is 18.2 Å². The van der Waals surface area contributed by atoms with Gasteiger partial charge < -0.3 is 9.31 Å². The number of rotatable bonds is 2. The molecular weight excluding hydrogens is 284 g/mol. The lowest BCUT2D eigenvalue weighted by molar-refractivity contribution is 0.00578. The molecule has 0 radical (unpaired) electrons. The van der Waals surface area contributed by atoms with Crippen molar-refractivity contribution in [2.45, 2.75) is 57.1 Å². The summed E-state index contributed by atoms with van der Waals surface area (Å²) in [5, 5.41) is 9.45. The van der Waals surface area contributed by atoms with Gasteiger partial charge in [-0.25, -0.2) is 0 Å². The molecule has 0 bridgehead atoms. The summed E-state index contributed by atoms with van der Waals surface area (Å²) in [6.07, 6.45) is 1.04. The second-order valence-corrected chi connectivity index (χ2v) is 7.39. The fourth-order valence-corrected chi connectivity index (χ4v) is 3.05. The zero-order valence-corrected chi connectivity index (χ0v) is 13.6. The minimum Gasteiger partial charge on any atom is -0.403 e. The zero-order valence-electron chi connectivity index (χ0n) is 12.8. The molecule has 0 amide bonds. The van der Waals surface area contributed by atoms with Crippen molar-refractivity contribution in [2.75, 3.05) is 0 Å². The lowest BCUT2D eigenvalue weighted by Crippen LogP contribution is -2.41. The van der Waals surface area contributed by atoms with E-state index in [1.54, 1.807) is 6.07 Å². The van der Waals surface area contributed by atoms with Gasteiger partial charge in [0.2, 0.25) is 0 Å². The predicted molar refractivity (Wildman–Crippen MR) is 83.4 cm³/mol. The molecule has 2 aliphatic rings. The molecule has 2 atom stereocenters. The molecule has 5 heteroatoms. The van der Waals surface area contributed by atoms with Crippen molar-refractivity contribution in [3.05, 3.63) is 34.3 Å². The van der Waals surface area contributed by atoms with Crippen LogP contribution in [0.1, 0.15) is 51.2 Å². The summed E-state index contributed by atoms with van der Waals surface area (Å²) in [5.41, 5.74) is 1.12. The Hall–Kier alpha value is -1.02. The molecule has 1 saturated heterocycles. The molecule has 0 aromatic heterocycles. The van der Waals surface area contributed by atoms with E-state index in [0.717, 1.165) is 6.42 Å². The van der Waals surface area contributed by atoms with Gasteiger partial charge in [-0.2, -0.15) is 5.26 Å². The number of halogens is 1. The summed E-state index contributed by atoms with van der Waals surface area (Å²) in [4.78, 5) is 0. The number of hydrogen-bond donors (Lipinski definition) is 0. The Bertz CT molecular complexity index is 607. The first kappa shape index (κ1) is 14.9. The third-order valence-electron chi connectivity index (χ3n) is 5.00. The highest BCUT2D eigenvalue weighted by atomic mass is 35.5. The van der Waals surface area contributed by atoms with Gasteiger partial charge in [0.1, 0.15) is 6.07 Å². The summed E-state index contributed by atoms with van der Waals surface area (Å²) < 4.78 is 12.2. The van der Waals surface area contributed by atoms with E-state index >= 15 is 0 Å². The molecule has 1 aromatic rings. The van der Waals surface area contributed by atoms with Crippen LogP contribution < -0.4 is 0 Å². The van der Waals surface area contributed by atoms with Crippen molar-refractivity contribution in [3.63, 3.8) is 0 Å². The Morgan fingerprint density at radius 1 is 1.24 bits per heavy atom. The van der Waals surface area contributed by atoms with Crippen molar-refractivity contribution in [2.24, 2.45) is 0 Å². The molecule has 2 fully saturated rings. The molecule has 1 aliphatic carbocycles. The number of benzene rings is 1. The van der Waals surface area contributed by atoms with Gasteiger partial charge in [0.05, 0.1) is 21.8 Å². The van der Waals surface area contributed by atoms with Crippen LogP contribution in [0.4, 0.5) is 0 Å². The van der Waals surface area contributed by atoms with Crippen LogP contribution in [0.25, 0.3) is 0 Å². The Morgan fingerprint density at radius 3 is 2.38 bits per heavy atom. The molecule has 1 saturated carbocycles. The molecule has 3 rings (SSSR count). The van der Waals surface area contributed by atoms with Crippen molar-refractivity contribution in [3.8, 4) is 6.07 Å². The number of nitriles is 1. The minimum absolute atomic E-state index is 0.158. The maximum atomic E-state index is 8.93. The second-order valence-electron chi connectivity index (χ2n) is 6.98. The molecule has 1 heterocycles. The first-order chi connectivity index (χ1) is 9.75. The topological polar surface area (TPSA) is 42.2 Å². The second kappa shape index (κ2) is 4.74. The molecule has 0 unspecified atom stereocenters. The number of hydrogen-bond acceptors (Lipinski definition) is 3. The largest absolute Gasteiger partial charge is 0.461 e. The lowest BCUT2D eigenvalue weighted by Gasteiger charge is -2.32. The third-order valence-corrected chi connectivity index (χ3v) is 5.32. The Labute approximate surface area is 131 Å². The molecule has 0 N–H and O–H groups in total. The predicted octanol–water partition coefficient (Wildman–Crippen LogP) is 4.16. The molecule has 110 valence electrons. The normalized spacial score (nSPS) is 29.2. The van der Waals surface area contributed by atoms with Crippen molar-refractivity contribution >= 4 is 18.7 Å². The van der Waals surface area contributed by atoms with Crippen LogP contribution >= 0.6 is 11.6 Å². The van der Waals surface area contributed by atoms with Gasteiger partial charge in [0.15, 0.2) is 0 Å². The van der Waals surface area contributed by atoms with E-state index in [0.29, 0.717) is 22.3 Å². The van der Waals surface area contributed by atoms with Crippen LogP contribution in [0.2, 0.25) is 10.8 Å². The highest BCUT2D eigenvalue weighted by Gasteiger charge is 2.59. The maximum Gasteiger partial charge on any atom is 0.461 e. The average Bonchev–Trinajstić information content (AvgIpc) is 3.13. The summed E-state index contributed by atoms with van der Waals surface area (Å²) in [7, 11) is -0.158. The highest BCUT2D eigenvalue weighted by Crippen LogP contribution is 2.58. The minimum atomic E-state index is -0.285. The van der Waals surface area contributed by atoms with Crippen LogP contribution in [-0.2, 0) is 9.31 Å². The SMILES string of the molecule is CC1(C)OB([C@H]2C[C@@H]2c2ccc(C#N)c(Cl)c2)OC1(C)C. The van der Waals surface area contributed by atoms with E-state index < -0.39 is 0 Å². The van der Waals surface area contributed by atoms with Crippen molar-refractivity contribution < 1.29 is 9.31 Å². The van der Waals surface area contributed by atoms with E-state index in [-0.39, 0.29) is 18.3 Å². The van der Waals surface area contributed by atoms with E-state index in [9.17, 15) is 0 Å². The maximum absolute atomic E-state index is 8.93. The molecule has 3 nitrogen and oxygen atoms in total. The summed E-state index contributed by atoms with van der Waals surface area (Å²) >= 11 is 6.11. The fraction of sp³-hybridized carbons (Fsp3) is 0.562. The van der Waals surface area contributed by atoms with Gasteiger partial charge in [-0.05, 0) is 57.7 Å². The van der Waals surface area contributed by atoms with Crippen LogP contribution in [0.3, 0.4) is 0 Å². The van der Waals surface area contributed by atoms with E-state index in [1.165, 1.54) is 5.56 Å². The van der Waals surface area contributed by atoms with Crippen LogP contribution in [-0.4, -0.2) is 18.3 Å². The quantitative estimate of drug-likeness (QED) is 0.770. The fourth-order valence-electron chi connectivity index (χ4n) is 2.81. The van der Waals surface area contributed by atoms with E-state index in [2.05, 4.69) is 33.8 Å². The zero-order chi connectivity index (χ0) is 15.4. The van der Waals surface area contributed by atoms with Crippen LogP contribution in [0, 0.1) is 11.3 Å². The van der Waals surface area contributed by atoms with Crippen LogP contribution in [0.5, 0.6) is 0 Å². The monoisotopic (exact) mass is 303 g/mol. The van der Waals surface area contributed by atoms with E-state index in [4.69, 9.17) is 26.2 Å². The Morgan fingerprint density at radius 2 is 1.86 bits per heavy atom. The average molecular weight is 304 g/mol. The summed E-state index contributed by atoms with van der Waals surface area (Å²) in [6.45, 7) is 8.29. The third kappa shape index (κ3) is 2.48. The molecule has 1 aliphatic heterocycles. The number of nitrogens with zero attached hydrogens (tertiary/aromatic N) is 1. The molecule has 1 aromatic carbocycles. The first-order valence-corrected chi connectivity index (χ1v) is 7.68. The molecule has 0 spiro atoms. The molecular formula is C16H19BClNO2. The lowest BCUT2D eigenvalue weighted by atomic mass is 9.79. The smallest absolute Gasteiger partial charge is 0.403 e. The van der Waals surface area contributed by atoms with Crippen molar-refractivity contribution in [1.29, 1.82) is 5.26 Å². The van der Waals surface area contributed by atoms with Crippen molar-refractivity contribution in [1.82, 2.24) is 0 Å². The van der Waals surface area contributed by atoms with Gasteiger partial charge in [-0.1, -0.05) is 17.7 Å². The van der Waals surface area contributed by atoms with Gasteiger partial charge in [-0.15, -0.1) is 0 Å². The summed E-state index contributed by atoms with van der Waals surface area (Å²) in [5.74, 6) is 0.778. The highest BCUT2D eigenvalue weighted by molar-refractivity contribution is 6.49. The summed E-state index contributed by atoms with van der Waals surface area (Å²) in [6, 6.07) is 7.76.